The number of nitrogens with one attached hydrogen (secondary N) is 1. The van der Waals surface area contributed by atoms with E-state index in [1.807, 2.05) is 55.9 Å². The van der Waals surface area contributed by atoms with Crippen LogP contribution in [0.25, 0.3) is 0 Å². The molecular formula is C16H21N3O2. The Hall–Kier alpha value is -2.30. The van der Waals surface area contributed by atoms with Crippen molar-refractivity contribution < 1.29 is 9.53 Å². The number of imidazole rings is 1. The Kier molecular flexibility index (Phi) is 4.62. The van der Waals surface area contributed by atoms with E-state index in [1.165, 1.54) is 0 Å². The number of aromatic nitrogens is 2. The molecule has 1 N–H and O–H groups in total. The van der Waals surface area contributed by atoms with Gasteiger partial charge in [0.1, 0.15) is 17.6 Å². The summed E-state index contributed by atoms with van der Waals surface area (Å²) in [6.45, 7) is 3.75. The largest absolute Gasteiger partial charge is 0.497 e. The van der Waals surface area contributed by atoms with Gasteiger partial charge >= 0.3 is 0 Å². The molecule has 5 heteroatoms. The standard InChI is InChI=1S/C16H21N3O2/c1-11(2)16(20)18-14(15-17-9-10-19(15)3)12-5-7-13(21-4)8-6-12/h5-11,14H,1-4H3,(H,18,20)/t14-/m0/s1. The lowest BCUT2D eigenvalue weighted by atomic mass is 10.0. The topological polar surface area (TPSA) is 56.1 Å². The van der Waals surface area contributed by atoms with E-state index < -0.39 is 0 Å². The van der Waals surface area contributed by atoms with Crippen LogP contribution in [0.4, 0.5) is 0 Å². The van der Waals surface area contributed by atoms with Crippen LogP contribution in [-0.2, 0) is 11.8 Å². The molecule has 0 saturated heterocycles. The Labute approximate surface area is 125 Å². The molecule has 0 bridgehead atoms. The first-order chi connectivity index (χ1) is 10.0. The number of rotatable bonds is 5. The van der Waals surface area contributed by atoms with Gasteiger partial charge in [-0.25, -0.2) is 4.98 Å². The number of aryl methyl sites for hydroxylation is 1. The van der Waals surface area contributed by atoms with Gasteiger partial charge in [0.05, 0.1) is 7.11 Å². The monoisotopic (exact) mass is 287 g/mol. The molecule has 2 rings (SSSR count). The van der Waals surface area contributed by atoms with Crippen molar-refractivity contribution in [2.24, 2.45) is 13.0 Å². The van der Waals surface area contributed by atoms with Gasteiger partial charge in [-0.3, -0.25) is 4.79 Å². The van der Waals surface area contributed by atoms with Crippen molar-refractivity contribution in [1.82, 2.24) is 14.9 Å². The molecule has 0 saturated carbocycles. The maximum absolute atomic E-state index is 12.1. The number of carbonyl (C=O) groups excluding carboxylic acids is 1. The van der Waals surface area contributed by atoms with Crippen LogP contribution in [-0.4, -0.2) is 22.6 Å². The van der Waals surface area contributed by atoms with Gasteiger partial charge in [-0.1, -0.05) is 26.0 Å². The van der Waals surface area contributed by atoms with Gasteiger partial charge in [0, 0.05) is 25.4 Å². The van der Waals surface area contributed by atoms with E-state index in [2.05, 4.69) is 10.3 Å². The van der Waals surface area contributed by atoms with Crippen molar-refractivity contribution >= 4 is 5.91 Å². The van der Waals surface area contributed by atoms with E-state index in [4.69, 9.17) is 4.74 Å². The minimum atomic E-state index is -0.272. The molecule has 0 radical (unpaired) electrons. The molecule has 1 heterocycles. The van der Waals surface area contributed by atoms with Crippen molar-refractivity contribution in [2.75, 3.05) is 7.11 Å². The Bertz CT molecular complexity index is 602. The van der Waals surface area contributed by atoms with Crippen LogP contribution in [0.3, 0.4) is 0 Å². The summed E-state index contributed by atoms with van der Waals surface area (Å²) in [6.07, 6.45) is 3.60. The zero-order valence-corrected chi connectivity index (χ0v) is 12.8. The molecule has 21 heavy (non-hydrogen) atoms. The number of methoxy groups -OCH3 is 1. The zero-order chi connectivity index (χ0) is 15.4. The summed E-state index contributed by atoms with van der Waals surface area (Å²) in [5, 5.41) is 3.05. The van der Waals surface area contributed by atoms with Crippen molar-refractivity contribution in [3.8, 4) is 5.75 Å². The number of carbonyl (C=O) groups is 1. The molecule has 0 spiro atoms. The molecule has 1 aromatic carbocycles. The highest BCUT2D eigenvalue weighted by Gasteiger charge is 2.21. The van der Waals surface area contributed by atoms with Crippen LogP contribution in [0.5, 0.6) is 5.75 Å². The van der Waals surface area contributed by atoms with Crippen LogP contribution in [0.1, 0.15) is 31.3 Å². The maximum atomic E-state index is 12.1. The molecular weight excluding hydrogens is 266 g/mol. The van der Waals surface area contributed by atoms with Crippen LogP contribution in [0, 0.1) is 5.92 Å². The maximum Gasteiger partial charge on any atom is 0.223 e. The van der Waals surface area contributed by atoms with Gasteiger partial charge in [-0.2, -0.15) is 0 Å². The van der Waals surface area contributed by atoms with Gasteiger partial charge in [0.15, 0.2) is 0 Å². The molecule has 0 aliphatic carbocycles. The van der Waals surface area contributed by atoms with Gasteiger partial charge in [0.25, 0.3) is 0 Å². The first kappa shape index (κ1) is 15.1. The van der Waals surface area contributed by atoms with E-state index in [9.17, 15) is 4.79 Å². The number of ether oxygens (including phenoxy) is 1. The lowest BCUT2D eigenvalue weighted by Crippen LogP contribution is -2.33. The van der Waals surface area contributed by atoms with E-state index in [-0.39, 0.29) is 17.9 Å². The predicted molar refractivity (Wildman–Crippen MR) is 81.0 cm³/mol. The molecule has 2 aromatic rings. The molecule has 1 amide bonds. The van der Waals surface area contributed by atoms with Gasteiger partial charge in [0.2, 0.25) is 5.91 Å². The van der Waals surface area contributed by atoms with Gasteiger partial charge in [-0.05, 0) is 17.7 Å². The number of benzene rings is 1. The lowest BCUT2D eigenvalue weighted by molar-refractivity contribution is -0.124. The second-order valence-corrected chi connectivity index (χ2v) is 5.27. The molecule has 0 aliphatic rings. The second-order valence-electron chi connectivity index (χ2n) is 5.27. The molecule has 1 aromatic heterocycles. The number of nitrogens with zero attached hydrogens (tertiary/aromatic N) is 2. The fourth-order valence-corrected chi connectivity index (χ4v) is 2.06. The number of hydrogen-bond acceptors (Lipinski definition) is 3. The van der Waals surface area contributed by atoms with Crippen LogP contribution >= 0.6 is 0 Å². The molecule has 0 aliphatic heterocycles. The van der Waals surface area contributed by atoms with E-state index in [1.54, 1.807) is 13.3 Å². The highest BCUT2D eigenvalue weighted by atomic mass is 16.5. The first-order valence-corrected chi connectivity index (χ1v) is 6.94. The Morgan fingerprint density at radius 1 is 1.29 bits per heavy atom. The van der Waals surface area contributed by atoms with Crippen molar-refractivity contribution in [2.45, 2.75) is 19.9 Å². The molecule has 5 nitrogen and oxygen atoms in total. The lowest BCUT2D eigenvalue weighted by Gasteiger charge is -2.20. The SMILES string of the molecule is COc1ccc([C@H](NC(=O)C(C)C)c2nccn2C)cc1. The highest BCUT2D eigenvalue weighted by molar-refractivity contribution is 5.78. The van der Waals surface area contributed by atoms with E-state index in [0.29, 0.717) is 0 Å². The van der Waals surface area contributed by atoms with Crippen molar-refractivity contribution in [1.29, 1.82) is 0 Å². The third kappa shape index (κ3) is 3.42. The molecule has 0 fully saturated rings. The third-order valence-electron chi connectivity index (χ3n) is 3.38. The summed E-state index contributed by atoms with van der Waals surface area (Å²) < 4.78 is 7.09. The second kappa shape index (κ2) is 6.43. The Morgan fingerprint density at radius 3 is 2.43 bits per heavy atom. The smallest absolute Gasteiger partial charge is 0.223 e. The average molecular weight is 287 g/mol. The minimum absolute atomic E-state index is 0.00109. The Morgan fingerprint density at radius 2 is 1.95 bits per heavy atom. The number of hydrogen-bond donors (Lipinski definition) is 1. The molecule has 0 unspecified atom stereocenters. The zero-order valence-electron chi connectivity index (χ0n) is 12.8. The van der Waals surface area contributed by atoms with E-state index >= 15 is 0 Å². The van der Waals surface area contributed by atoms with Crippen molar-refractivity contribution in [3.05, 3.63) is 48.0 Å². The molecule has 112 valence electrons. The van der Waals surface area contributed by atoms with Gasteiger partial charge < -0.3 is 14.6 Å². The highest BCUT2D eigenvalue weighted by Crippen LogP contribution is 2.23. The fraction of sp³-hybridized carbons (Fsp3) is 0.375. The normalized spacial score (nSPS) is 12.2. The van der Waals surface area contributed by atoms with Gasteiger partial charge in [-0.15, -0.1) is 0 Å². The fourth-order valence-electron chi connectivity index (χ4n) is 2.06. The summed E-state index contributed by atoms with van der Waals surface area (Å²) in [5.41, 5.74) is 0.971. The number of amides is 1. The predicted octanol–water partition coefficient (Wildman–Crippen LogP) is 2.29. The average Bonchev–Trinajstić information content (AvgIpc) is 2.90. The van der Waals surface area contributed by atoms with Crippen LogP contribution in [0.15, 0.2) is 36.7 Å². The summed E-state index contributed by atoms with van der Waals surface area (Å²) in [7, 11) is 3.55. The summed E-state index contributed by atoms with van der Waals surface area (Å²) in [5.74, 6) is 1.51. The first-order valence-electron chi connectivity index (χ1n) is 6.94. The van der Waals surface area contributed by atoms with Crippen LogP contribution < -0.4 is 10.1 Å². The van der Waals surface area contributed by atoms with Crippen LogP contribution in [0.2, 0.25) is 0 Å². The summed E-state index contributed by atoms with van der Waals surface area (Å²) in [4.78, 5) is 16.4. The van der Waals surface area contributed by atoms with Crippen molar-refractivity contribution in [3.63, 3.8) is 0 Å². The molecule has 1 atom stereocenters. The summed E-state index contributed by atoms with van der Waals surface area (Å²) >= 11 is 0. The quantitative estimate of drug-likeness (QED) is 0.918. The third-order valence-corrected chi connectivity index (χ3v) is 3.38. The minimum Gasteiger partial charge on any atom is -0.497 e. The summed E-state index contributed by atoms with van der Waals surface area (Å²) in [6, 6.07) is 7.38. The van der Waals surface area contributed by atoms with E-state index in [0.717, 1.165) is 17.1 Å². The Balaban J connectivity index is 2.35.